The Morgan fingerprint density at radius 1 is 1.44 bits per heavy atom. The second kappa shape index (κ2) is 4.90. The molecule has 16 heavy (non-hydrogen) atoms. The van der Waals surface area contributed by atoms with Crippen LogP contribution in [0.2, 0.25) is 0 Å². The Morgan fingerprint density at radius 2 is 2.00 bits per heavy atom. The van der Waals surface area contributed by atoms with Crippen molar-refractivity contribution in [3.05, 3.63) is 30.1 Å². The van der Waals surface area contributed by atoms with Crippen LogP contribution in [0.5, 0.6) is 0 Å². The van der Waals surface area contributed by atoms with Gasteiger partial charge in [0, 0.05) is 0 Å². The van der Waals surface area contributed by atoms with Crippen molar-refractivity contribution in [3.8, 4) is 0 Å². The van der Waals surface area contributed by atoms with Crippen molar-refractivity contribution in [1.29, 1.82) is 0 Å². The van der Waals surface area contributed by atoms with Crippen molar-refractivity contribution < 1.29 is 18.0 Å². The van der Waals surface area contributed by atoms with Gasteiger partial charge in [0.15, 0.2) is 5.84 Å². The van der Waals surface area contributed by atoms with Crippen molar-refractivity contribution in [2.24, 2.45) is 10.9 Å². The van der Waals surface area contributed by atoms with Crippen LogP contribution in [-0.4, -0.2) is 26.0 Å². The smallest absolute Gasteiger partial charge is 0.240 e. The van der Waals surface area contributed by atoms with Gasteiger partial charge >= 0.3 is 0 Å². The fourth-order valence-corrected chi connectivity index (χ4v) is 1.90. The van der Waals surface area contributed by atoms with Gasteiger partial charge in [0.25, 0.3) is 0 Å². The Balaban J connectivity index is 2.82. The zero-order valence-corrected chi connectivity index (χ0v) is 8.91. The van der Waals surface area contributed by atoms with Crippen molar-refractivity contribution in [3.63, 3.8) is 0 Å². The van der Waals surface area contributed by atoms with Crippen LogP contribution in [0.1, 0.15) is 0 Å². The maximum Gasteiger partial charge on any atom is 0.240 e. The van der Waals surface area contributed by atoms with Crippen LogP contribution in [0.3, 0.4) is 0 Å². The maximum atomic E-state index is 12.6. The van der Waals surface area contributed by atoms with Crippen LogP contribution >= 0.6 is 0 Å². The molecule has 0 spiro atoms. The minimum Gasteiger partial charge on any atom is -0.409 e. The fraction of sp³-hybridized carbons (Fsp3) is 0.125. The number of hydrogen-bond acceptors (Lipinski definition) is 4. The van der Waals surface area contributed by atoms with E-state index in [1.807, 2.05) is 0 Å². The van der Waals surface area contributed by atoms with Crippen LogP contribution < -0.4 is 10.5 Å². The van der Waals surface area contributed by atoms with E-state index in [4.69, 9.17) is 10.9 Å². The van der Waals surface area contributed by atoms with Gasteiger partial charge in [-0.2, -0.15) is 0 Å². The average molecular weight is 247 g/mol. The maximum absolute atomic E-state index is 12.6. The molecule has 0 amide bonds. The molecule has 1 aromatic rings. The van der Waals surface area contributed by atoms with Gasteiger partial charge in [0.2, 0.25) is 10.0 Å². The Hall–Kier alpha value is -1.67. The molecular formula is C8H10FN3O3S. The van der Waals surface area contributed by atoms with Crippen LogP contribution in [0.15, 0.2) is 34.3 Å². The van der Waals surface area contributed by atoms with Gasteiger partial charge in [-0.3, -0.25) is 0 Å². The molecule has 1 aromatic carbocycles. The van der Waals surface area contributed by atoms with Crippen molar-refractivity contribution in [2.75, 3.05) is 6.54 Å². The van der Waals surface area contributed by atoms with Crippen LogP contribution in [0.4, 0.5) is 4.39 Å². The molecular weight excluding hydrogens is 237 g/mol. The van der Waals surface area contributed by atoms with E-state index in [0.29, 0.717) is 0 Å². The number of nitrogens with one attached hydrogen (secondary N) is 1. The van der Waals surface area contributed by atoms with Gasteiger partial charge in [-0.25, -0.2) is 17.5 Å². The SMILES string of the molecule is NC(CNS(=O)(=O)c1ccc(F)cc1)=NO. The van der Waals surface area contributed by atoms with Crippen LogP contribution in [0.25, 0.3) is 0 Å². The molecule has 6 nitrogen and oxygen atoms in total. The lowest BCUT2D eigenvalue weighted by Crippen LogP contribution is -2.33. The summed E-state index contributed by atoms with van der Waals surface area (Å²) < 4.78 is 37.7. The lowest BCUT2D eigenvalue weighted by atomic mass is 10.4. The number of amidine groups is 1. The number of oxime groups is 1. The molecule has 0 aromatic heterocycles. The van der Waals surface area contributed by atoms with E-state index in [0.717, 1.165) is 24.3 Å². The Labute approximate surface area is 91.6 Å². The van der Waals surface area contributed by atoms with Gasteiger partial charge in [-0.15, -0.1) is 0 Å². The number of nitrogens with two attached hydrogens (primary N) is 1. The van der Waals surface area contributed by atoms with Crippen LogP contribution in [-0.2, 0) is 10.0 Å². The number of hydrogen-bond donors (Lipinski definition) is 3. The zero-order valence-electron chi connectivity index (χ0n) is 8.09. The number of halogens is 1. The molecule has 88 valence electrons. The van der Waals surface area contributed by atoms with E-state index in [-0.39, 0.29) is 17.3 Å². The Kier molecular flexibility index (Phi) is 3.80. The van der Waals surface area contributed by atoms with Gasteiger partial charge < -0.3 is 10.9 Å². The number of benzene rings is 1. The van der Waals surface area contributed by atoms with Crippen molar-refractivity contribution in [1.82, 2.24) is 4.72 Å². The lowest BCUT2D eigenvalue weighted by Gasteiger charge is -2.05. The summed E-state index contributed by atoms with van der Waals surface area (Å²) in [7, 11) is -3.77. The normalized spacial score (nSPS) is 12.7. The Bertz CT molecular complexity index is 484. The first-order valence-electron chi connectivity index (χ1n) is 4.17. The molecule has 0 saturated carbocycles. The van der Waals surface area contributed by atoms with Gasteiger partial charge in [0.05, 0.1) is 11.4 Å². The molecule has 0 heterocycles. The number of sulfonamides is 1. The molecule has 0 fully saturated rings. The summed E-state index contributed by atoms with van der Waals surface area (Å²) in [5.74, 6) is -0.805. The van der Waals surface area contributed by atoms with E-state index in [1.165, 1.54) is 0 Å². The topological polar surface area (TPSA) is 105 Å². The number of nitrogens with zero attached hydrogens (tertiary/aromatic N) is 1. The molecule has 0 saturated heterocycles. The minimum absolute atomic E-state index is 0.0976. The fourth-order valence-electron chi connectivity index (χ4n) is 0.901. The van der Waals surface area contributed by atoms with Gasteiger partial charge in [0.1, 0.15) is 5.82 Å². The van der Waals surface area contributed by atoms with E-state index in [2.05, 4.69) is 9.88 Å². The van der Waals surface area contributed by atoms with Crippen molar-refractivity contribution >= 4 is 15.9 Å². The van der Waals surface area contributed by atoms with E-state index in [1.54, 1.807) is 0 Å². The number of rotatable bonds is 4. The van der Waals surface area contributed by atoms with Crippen molar-refractivity contribution in [2.45, 2.75) is 4.90 Å². The molecule has 0 aliphatic heterocycles. The molecule has 0 atom stereocenters. The minimum atomic E-state index is -3.77. The molecule has 0 aliphatic carbocycles. The molecule has 0 aliphatic rings. The second-order valence-electron chi connectivity index (χ2n) is 2.87. The summed E-state index contributed by atoms with van der Waals surface area (Å²) in [4.78, 5) is -0.0976. The summed E-state index contributed by atoms with van der Waals surface area (Å²) in [5, 5.41) is 10.8. The predicted octanol–water partition coefficient (Wildman–Crippen LogP) is -0.150. The summed E-state index contributed by atoms with van der Waals surface area (Å²) in [6, 6.07) is 4.28. The zero-order chi connectivity index (χ0) is 12.2. The highest BCUT2D eigenvalue weighted by Crippen LogP contribution is 2.08. The van der Waals surface area contributed by atoms with Gasteiger partial charge in [-0.05, 0) is 24.3 Å². The highest BCUT2D eigenvalue weighted by atomic mass is 32.2. The molecule has 8 heteroatoms. The first-order valence-corrected chi connectivity index (χ1v) is 5.65. The first-order chi connectivity index (χ1) is 7.45. The average Bonchev–Trinajstić information content (AvgIpc) is 2.26. The van der Waals surface area contributed by atoms with Crippen LogP contribution in [0, 0.1) is 5.82 Å². The molecule has 1 rings (SSSR count). The van der Waals surface area contributed by atoms with E-state index >= 15 is 0 Å². The van der Waals surface area contributed by atoms with E-state index in [9.17, 15) is 12.8 Å². The lowest BCUT2D eigenvalue weighted by molar-refractivity contribution is 0.317. The summed E-state index contributed by atoms with van der Waals surface area (Å²) >= 11 is 0. The molecule has 0 unspecified atom stereocenters. The Morgan fingerprint density at radius 3 is 2.50 bits per heavy atom. The molecule has 0 bridgehead atoms. The van der Waals surface area contributed by atoms with E-state index < -0.39 is 15.8 Å². The third-order valence-electron chi connectivity index (χ3n) is 1.70. The third-order valence-corrected chi connectivity index (χ3v) is 3.11. The summed E-state index contributed by atoms with van der Waals surface area (Å²) in [6.07, 6.45) is 0. The second-order valence-corrected chi connectivity index (χ2v) is 4.64. The predicted molar refractivity (Wildman–Crippen MR) is 55.0 cm³/mol. The third kappa shape index (κ3) is 3.17. The van der Waals surface area contributed by atoms with Gasteiger partial charge in [-0.1, -0.05) is 5.16 Å². The monoisotopic (exact) mass is 247 g/mol. The molecule has 4 N–H and O–H groups in total. The largest absolute Gasteiger partial charge is 0.409 e. The quantitative estimate of drug-likeness (QED) is 0.298. The highest BCUT2D eigenvalue weighted by Gasteiger charge is 2.13. The summed E-state index contributed by atoms with van der Waals surface area (Å²) in [6.45, 7) is -0.323. The molecule has 0 radical (unpaired) electrons. The summed E-state index contributed by atoms with van der Waals surface area (Å²) in [5.41, 5.74) is 5.10. The first kappa shape index (κ1) is 12.4. The highest BCUT2D eigenvalue weighted by molar-refractivity contribution is 7.89. The standard InChI is InChI=1S/C8H10FN3O3S/c9-6-1-3-7(4-2-6)16(14,15)11-5-8(10)12-13/h1-4,11,13H,5H2,(H2,10,12).